The fourth-order valence-electron chi connectivity index (χ4n) is 2.62. The standard InChI is InChI=1S/C11H20F2N2O/c12-11(13)3-7-15(8-4-11)9-1-5-14-6-2-10(9)16/h9-10,14,16H,1-8H2/t9-,10-/m0/s1. The van der Waals surface area contributed by atoms with Gasteiger partial charge in [0.1, 0.15) is 0 Å². The summed E-state index contributed by atoms with van der Waals surface area (Å²) in [5, 5.41) is 13.2. The minimum absolute atomic E-state index is 0.0612. The van der Waals surface area contributed by atoms with Crippen LogP contribution in [0, 0.1) is 0 Å². The maximum Gasteiger partial charge on any atom is 0.250 e. The molecule has 2 aliphatic heterocycles. The number of aliphatic hydroxyl groups is 1. The molecule has 2 N–H and O–H groups in total. The lowest BCUT2D eigenvalue weighted by Gasteiger charge is -2.38. The van der Waals surface area contributed by atoms with Crippen molar-refractivity contribution in [3.05, 3.63) is 0 Å². The van der Waals surface area contributed by atoms with E-state index in [1.165, 1.54) is 0 Å². The van der Waals surface area contributed by atoms with Gasteiger partial charge >= 0.3 is 0 Å². The van der Waals surface area contributed by atoms with Crippen LogP contribution in [0.2, 0.25) is 0 Å². The predicted molar refractivity (Wildman–Crippen MR) is 57.7 cm³/mol. The lowest BCUT2D eigenvalue weighted by atomic mass is 9.99. The average molecular weight is 234 g/mol. The van der Waals surface area contributed by atoms with Gasteiger partial charge in [0.2, 0.25) is 0 Å². The van der Waals surface area contributed by atoms with Crippen LogP contribution < -0.4 is 5.32 Å². The summed E-state index contributed by atoms with van der Waals surface area (Å²) in [6, 6.07) is 0.0612. The Morgan fingerprint density at radius 2 is 1.75 bits per heavy atom. The summed E-state index contributed by atoms with van der Waals surface area (Å²) < 4.78 is 26.0. The van der Waals surface area contributed by atoms with Crippen LogP contribution in [-0.4, -0.2) is 54.3 Å². The third-order valence-electron chi connectivity index (χ3n) is 3.68. The molecule has 2 saturated heterocycles. The van der Waals surface area contributed by atoms with E-state index in [1.807, 2.05) is 4.90 Å². The summed E-state index contributed by atoms with van der Waals surface area (Å²) in [5.41, 5.74) is 0. The van der Waals surface area contributed by atoms with Gasteiger partial charge in [0.05, 0.1) is 6.10 Å². The molecular formula is C11H20F2N2O. The molecule has 2 fully saturated rings. The first kappa shape index (κ1) is 12.2. The summed E-state index contributed by atoms with van der Waals surface area (Å²) in [6.45, 7) is 2.51. The molecule has 2 rings (SSSR count). The topological polar surface area (TPSA) is 35.5 Å². The monoisotopic (exact) mass is 234 g/mol. The van der Waals surface area contributed by atoms with E-state index in [0.717, 1.165) is 25.9 Å². The normalized spacial score (nSPS) is 36.9. The molecule has 0 aromatic heterocycles. The highest BCUT2D eigenvalue weighted by Crippen LogP contribution is 2.30. The predicted octanol–water partition coefficient (Wildman–Crippen LogP) is 0.830. The molecule has 5 heteroatoms. The zero-order valence-electron chi connectivity index (χ0n) is 9.46. The van der Waals surface area contributed by atoms with E-state index >= 15 is 0 Å². The molecule has 0 unspecified atom stereocenters. The number of nitrogens with zero attached hydrogens (tertiary/aromatic N) is 1. The maximum absolute atomic E-state index is 13.0. The van der Waals surface area contributed by atoms with E-state index in [-0.39, 0.29) is 25.0 Å². The zero-order valence-corrected chi connectivity index (χ0v) is 9.46. The fourth-order valence-corrected chi connectivity index (χ4v) is 2.62. The maximum atomic E-state index is 13.0. The van der Waals surface area contributed by atoms with E-state index in [4.69, 9.17) is 0 Å². The quantitative estimate of drug-likeness (QED) is 0.705. The molecule has 94 valence electrons. The number of aliphatic hydroxyl groups excluding tert-OH is 1. The first-order valence-electron chi connectivity index (χ1n) is 6.09. The second-order valence-corrected chi connectivity index (χ2v) is 4.85. The molecule has 0 aromatic carbocycles. The SMILES string of the molecule is O[C@H]1CCNCC[C@@H]1N1CCC(F)(F)CC1. The number of piperidine rings is 1. The van der Waals surface area contributed by atoms with E-state index in [1.54, 1.807) is 0 Å². The van der Waals surface area contributed by atoms with Crippen LogP contribution in [0.3, 0.4) is 0 Å². The molecule has 2 aliphatic rings. The zero-order chi connectivity index (χ0) is 11.6. The van der Waals surface area contributed by atoms with Crippen LogP contribution >= 0.6 is 0 Å². The van der Waals surface area contributed by atoms with Crippen LogP contribution in [0.25, 0.3) is 0 Å². The van der Waals surface area contributed by atoms with Gasteiger partial charge in [0.15, 0.2) is 0 Å². The van der Waals surface area contributed by atoms with Gasteiger partial charge in [-0.15, -0.1) is 0 Å². The first-order chi connectivity index (χ1) is 7.58. The van der Waals surface area contributed by atoms with Crippen molar-refractivity contribution in [2.24, 2.45) is 0 Å². The van der Waals surface area contributed by atoms with E-state index in [2.05, 4.69) is 5.32 Å². The Hall–Kier alpha value is -0.260. The van der Waals surface area contributed by atoms with Crippen LogP contribution in [0.15, 0.2) is 0 Å². The van der Waals surface area contributed by atoms with Crippen molar-refractivity contribution in [3.63, 3.8) is 0 Å². The Balaban J connectivity index is 1.91. The number of alkyl halides is 2. The molecule has 0 saturated carbocycles. The summed E-state index contributed by atoms with van der Waals surface area (Å²) in [4.78, 5) is 2.04. The third-order valence-corrected chi connectivity index (χ3v) is 3.68. The minimum atomic E-state index is -2.50. The van der Waals surface area contributed by atoms with Crippen molar-refractivity contribution in [3.8, 4) is 0 Å². The van der Waals surface area contributed by atoms with Crippen LogP contribution in [-0.2, 0) is 0 Å². The second kappa shape index (κ2) is 4.94. The molecular weight excluding hydrogens is 214 g/mol. The van der Waals surface area contributed by atoms with Crippen molar-refractivity contribution >= 4 is 0 Å². The second-order valence-electron chi connectivity index (χ2n) is 4.85. The highest BCUT2D eigenvalue weighted by atomic mass is 19.3. The van der Waals surface area contributed by atoms with E-state index < -0.39 is 5.92 Å². The van der Waals surface area contributed by atoms with Crippen molar-refractivity contribution in [2.45, 2.75) is 43.8 Å². The Labute approximate surface area is 94.8 Å². The summed E-state index contributed by atoms with van der Waals surface area (Å²) in [5.74, 6) is -2.50. The minimum Gasteiger partial charge on any atom is -0.391 e. The Bertz CT molecular complexity index is 228. The van der Waals surface area contributed by atoms with Gasteiger partial charge in [-0.05, 0) is 25.9 Å². The van der Waals surface area contributed by atoms with Crippen molar-refractivity contribution in [1.82, 2.24) is 10.2 Å². The Morgan fingerprint density at radius 3 is 2.44 bits per heavy atom. The van der Waals surface area contributed by atoms with E-state index in [0.29, 0.717) is 13.1 Å². The van der Waals surface area contributed by atoms with Gasteiger partial charge in [-0.3, -0.25) is 4.90 Å². The van der Waals surface area contributed by atoms with Crippen LogP contribution in [0.4, 0.5) is 8.78 Å². The summed E-state index contributed by atoms with van der Waals surface area (Å²) in [7, 11) is 0. The fraction of sp³-hybridized carbons (Fsp3) is 1.00. The Morgan fingerprint density at radius 1 is 1.12 bits per heavy atom. The highest BCUT2D eigenvalue weighted by molar-refractivity contribution is 4.87. The number of hydrogen-bond acceptors (Lipinski definition) is 3. The van der Waals surface area contributed by atoms with Crippen molar-refractivity contribution < 1.29 is 13.9 Å². The van der Waals surface area contributed by atoms with Crippen molar-refractivity contribution in [2.75, 3.05) is 26.2 Å². The lowest BCUT2D eigenvalue weighted by Crippen LogP contribution is -2.49. The Kier molecular flexibility index (Phi) is 3.77. The summed E-state index contributed by atoms with van der Waals surface area (Å²) in [6.07, 6.45) is 1.07. The number of halogens is 2. The molecule has 16 heavy (non-hydrogen) atoms. The average Bonchev–Trinajstić information content (AvgIpc) is 2.44. The van der Waals surface area contributed by atoms with Crippen LogP contribution in [0.1, 0.15) is 25.7 Å². The van der Waals surface area contributed by atoms with Gasteiger partial charge in [-0.25, -0.2) is 8.78 Å². The van der Waals surface area contributed by atoms with Gasteiger partial charge in [-0.2, -0.15) is 0 Å². The summed E-state index contributed by atoms with van der Waals surface area (Å²) >= 11 is 0. The van der Waals surface area contributed by atoms with Crippen LogP contribution in [0.5, 0.6) is 0 Å². The van der Waals surface area contributed by atoms with Gasteiger partial charge in [-0.1, -0.05) is 0 Å². The molecule has 2 heterocycles. The number of hydrogen-bond donors (Lipinski definition) is 2. The number of nitrogens with one attached hydrogen (secondary N) is 1. The lowest BCUT2D eigenvalue weighted by molar-refractivity contribution is -0.0755. The molecule has 3 nitrogen and oxygen atoms in total. The van der Waals surface area contributed by atoms with Crippen molar-refractivity contribution in [1.29, 1.82) is 0 Å². The molecule has 0 spiro atoms. The van der Waals surface area contributed by atoms with Gasteiger partial charge in [0, 0.05) is 32.0 Å². The van der Waals surface area contributed by atoms with Gasteiger partial charge < -0.3 is 10.4 Å². The molecule has 0 radical (unpaired) electrons. The third kappa shape index (κ3) is 2.90. The van der Waals surface area contributed by atoms with Gasteiger partial charge in [0.25, 0.3) is 5.92 Å². The molecule has 0 aliphatic carbocycles. The molecule has 0 amide bonds. The highest BCUT2D eigenvalue weighted by Gasteiger charge is 2.38. The smallest absolute Gasteiger partial charge is 0.250 e. The first-order valence-corrected chi connectivity index (χ1v) is 6.09. The van der Waals surface area contributed by atoms with E-state index in [9.17, 15) is 13.9 Å². The molecule has 0 bridgehead atoms. The molecule has 0 aromatic rings. The largest absolute Gasteiger partial charge is 0.391 e. The number of rotatable bonds is 1. The number of likely N-dealkylation sites (tertiary alicyclic amines) is 1. The molecule has 2 atom stereocenters.